The number of nitrogens with zero attached hydrogens (tertiary/aromatic N) is 1. The summed E-state index contributed by atoms with van der Waals surface area (Å²) >= 11 is 0. The standard InChI is InChI=1S/C23H32NO2/c1-18-13-19(2)15-24(3,14-18)16-22(25)17-26-23-11-9-21(10-12-23)20-7-5-4-6-8-20/h4-12,18-19,22,25H,13-17H2,1-3H3/q+1/t18-,19-,22+/m1/s1. The number of aliphatic hydroxyl groups excluding tert-OH is 1. The van der Waals surface area contributed by atoms with Gasteiger partial charge in [-0.2, -0.15) is 0 Å². The molecular formula is C23H32NO2+. The molecule has 0 unspecified atom stereocenters. The lowest BCUT2D eigenvalue weighted by Crippen LogP contribution is -2.57. The Bertz CT molecular complexity index is 673. The Morgan fingerprint density at radius 3 is 2.15 bits per heavy atom. The number of benzene rings is 2. The number of aliphatic hydroxyl groups is 1. The number of piperidine rings is 1. The van der Waals surface area contributed by atoms with Gasteiger partial charge in [-0.15, -0.1) is 0 Å². The zero-order valence-electron chi connectivity index (χ0n) is 16.3. The summed E-state index contributed by atoms with van der Waals surface area (Å²) in [6, 6.07) is 18.4. The van der Waals surface area contributed by atoms with Gasteiger partial charge in [-0.25, -0.2) is 0 Å². The van der Waals surface area contributed by atoms with Crippen LogP contribution in [0, 0.1) is 11.8 Å². The van der Waals surface area contributed by atoms with E-state index in [0.717, 1.165) is 41.7 Å². The van der Waals surface area contributed by atoms with E-state index in [0.29, 0.717) is 6.61 Å². The Kier molecular flexibility index (Phi) is 6.00. The topological polar surface area (TPSA) is 29.5 Å². The average molecular weight is 355 g/mol. The minimum absolute atomic E-state index is 0.348. The smallest absolute Gasteiger partial charge is 0.137 e. The molecule has 3 heteroatoms. The fourth-order valence-corrected chi connectivity index (χ4v) is 4.69. The third kappa shape index (κ3) is 5.09. The Hall–Kier alpha value is -1.84. The minimum atomic E-state index is -0.439. The second-order valence-corrected chi connectivity index (χ2v) is 8.47. The van der Waals surface area contributed by atoms with Crippen molar-refractivity contribution in [3.05, 3.63) is 54.6 Å². The molecule has 1 fully saturated rings. The van der Waals surface area contributed by atoms with Gasteiger partial charge in [0.2, 0.25) is 0 Å². The van der Waals surface area contributed by atoms with Crippen molar-refractivity contribution in [1.82, 2.24) is 0 Å². The highest BCUT2D eigenvalue weighted by molar-refractivity contribution is 5.63. The molecule has 0 radical (unpaired) electrons. The molecule has 1 aliphatic rings. The van der Waals surface area contributed by atoms with Gasteiger partial charge in [0.25, 0.3) is 0 Å². The highest BCUT2D eigenvalue weighted by Gasteiger charge is 2.34. The summed E-state index contributed by atoms with van der Waals surface area (Å²) in [6.45, 7) is 8.05. The van der Waals surface area contributed by atoms with Gasteiger partial charge in [-0.3, -0.25) is 0 Å². The number of quaternary nitrogens is 1. The van der Waals surface area contributed by atoms with E-state index in [-0.39, 0.29) is 0 Å². The van der Waals surface area contributed by atoms with Crippen LogP contribution in [0.15, 0.2) is 54.6 Å². The maximum Gasteiger partial charge on any atom is 0.137 e. The van der Waals surface area contributed by atoms with Crippen molar-refractivity contribution in [2.75, 3.05) is 33.3 Å². The predicted molar refractivity (Wildman–Crippen MR) is 107 cm³/mol. The number of likely N-dealkylation sites (tertiary alicyclic amines) is 1. The van der Waals surface area contributed by atoms with Gasteiger partial charge in [0.1, 0.15) is 25.0 Å². The third-order valence-corrected chi connectivity index (χ3v) is 5.36. The second kappa shape index (κ2) is 8.24. The Balaban J connectivity index is 1.52. The first-order chi connectivity index (χ1) is 12.4. The van der Waals surface area contributed by atoms with Gasteiger partial charge in [-0.05, 0) is 29.7 Å². The molecule has 3 rings (SSSR count). The normalized spacial score (nSPS) is 27.1. The van der Waals surface area contributed by atoms with Crippen LogP contribution in [0.3, 0.4) is 0 Å². The lowest BCUT2D eigenvalue weighted by atomic mass is 9.90. The predicted octanol–water partition coefficient (Wildman–Crippen LogP) is 4.22. The number of hydrogen-bond donors (Lipinski definition) is 1. The number of hydrogen-bond acceptors (Lipinski definition) is 2. The van der Waals surface area contributed by atoms with E-state index in [1.807, 2.05) is 30.3 Å². The van der Waals surface area contributed by atoms with Crippen LogP contribution in [0.5, 0.6) is 5.75 Å². The highest BCUT2D eigenvalue weighted by atomic mass is 16.5. The third-order valence-electron chi connectivity index (χ3n) is 5.36. The summed E-state index contributed by atoms with van der Waals surface area (Å²) in [4.78, 5) is 0. The summed E-state index contributed by atoms with van der Waals surface area (Å²) in [5, 5.41) is 10.5. The summed E-state index contributed by atoms with van der Waals surface area (Å²) in [6.07, 6.45) is 0.861. The van der Waals surface area contributed by atoms with Gasteiger partial charge >= 0.3 is 0 Å². The summed E-state index contributed by atoms with van der Waals surface area (Å²) in [5.41, 5.74) is 2.37. The lowest BCUT2D eigenvalue weighted by molar-refractivity contribution is -0.923. The fraction of sp³-hybridized carbons (Fsp3) is 0.478. The number of likely N-dealkylation sites (N-methyl/N-ethyl adjacent to an activating group) is 1. The van der Waals surface area contributed by atoms with Gasteiger partial charge in [-0.1, -0.05) is 56.3 Å². The Morgan fingerprint density at radius 2 is 1.54 bits per heavy atom. The fourth-order valence-electron chi connectivity index (χ4n) is 4.69. The van der Waals surface area contributed by atoms with Crippen LogP contribution in [0.4, 0.5) is 0 Å². The molecule has 2 aromatic rings. The quantitative estimate of drug-likeness (QED) is 0.787. The molecule has 0 aliphatic carbocycles. The first-order valence-corrected chi connectivity index (χ1v) is 9.73. The monoisotopic (exact) mass is 354 g/mol. The van der Waals surface area contributed by atoms with Crippen LogP contribution in [-0.2, 0) is 0 Å². The average Bonchev–Trinajstić information content (AvgIpc) is 2.59. The van der Waals surface area contributed by atoms with E-state index >= 15 is 0 Å². The van der Waals surface area contributed by atoms with Crippen LogP contribution in [-0.4, -0.2) is 49.0 Å². The van der Waals surface area contributed by atoms with Gasteiger partial charge < -0.3 is 14.3 Å². The largest absolute Gasteiger partial charge is 0.491 e. The molecule has 1 aliphatic heterocycles. The molecule has 2 aromatic carbocycles. The van der Waals surface area contributed by atoms with E-state index in [9.17, 15) is 5.11 Å². The van der Waals surface area contributed by atoms with Gasteiger partial charge in [0, 0.05) is 11.8 Å². The zero-order valence-corrected chi connectivity index (χ0v) is 16.3. The first-order valence-electron chi connectivity index (χ1n) is 9.73. The van der Waals surface area contributed by atoms with E-state index < -0.39 is 6.10 Å². The van der Waals surface area contributed by atoms with E-state index in [2.05, 4.69) is 45.2 Å². The van der Waals surface area contributed by atoms with Crippen molar-refractivity contribution in [3.8, 4) is 16.9 Å². The maximum atomic E-state index is 10.5. The summed E-state index contributed by atoms with van der Waals surface area (Å²) in [7, 11) is 2.27. The Morgan fingerprint density at radius 1 is 0.962 bits per heavy atom. The zero-order chi connectivity index (χ0) is 18.6. The molecule has 0 spiro atoms. The van der Waals surface area contributed by atoms with Gasteiger partial charge in [0.15, 0.2) is 0 Å². The molecule has 0 saturated carbocycles. The summed E-state index contributed by atoms with van der Waals surface area (Å²) < 4.78 is 6.78. The SMILES string of the molecule is C[C@@H]1C[C@@H](C)C[N+](C)(C[C@H](O)COc2ccc(-c3ccccc3)cc2)C1. The molecule has 0 amide bonds. The maximum absolute atomic E-state index is 10.5. The van der Waals surface area contributed by atoms with Crippen molar-refractivity contribution in [3.63, 3.8) is 0 Å². The van der Waals surface area contributed by atoms with E-state index in [1.165, 1.54) is 17.5 Å². The van der Waals surface area contributed by atoms with Crippen LogP contribution >= 0.6 is 0 Å². The van der Waals surface area contributed by atoms with Crippen molar-refractivity contribution >= 4 is 0 Å². The minimum Gasteiger partial charge on any atom is -0.491 e. The van der Waals surface area contributed by atoms with Crippen LogP contribution in [0.2, 0.25) is 0 Å². The number of ether oxygens (including phenoxy) is 1. The molecule has 3 nitrogen and oxygen atoms in total. The molecular weight excluding hydrogens is 322 g/mol. The van der Waals surface area contributed by atoms with Crippen molar-refractivity contribution in [1.29, 1.82) is 0 Å². The molecule has 140 valence electrons. The Labute approximate surface area is 157 Å². The molecule has 0 aromatic heterocycles. The van der Waals surface area contributed by atoms with E-state index in [4.69, 9.17) is 4.74 Å². The van der Waals surface area contributed by atoms with Crippen LogP contribution in [0.25, 0.3) is 11.1 Å². The van der Waals surface area contributed by atoms with Crippen molar-refractivity contribution in [2.45, 2.75) is 26.4 Å². The van der Waals surface area contributed by atoms with Crippen molar-refractivity contribution in [2.24, 2.45) is 11.8 Å². The second-order valence-electron chi connectivity index (χ2n) is 8.47. The molecule has 0 bridgehead atoms. The number of rotatable bonds is 6. The molecule has 1 heterocycles. The first kappa shape index (κ1) is 18.9. The lowest BCUT2D eigenvalue weighted by Gasteiger charge is -2.44. The highest BCUT2D eigenvalue weighted by Crippen LogP contribution is 2.26. The summed E-state index contributed by atoms with van der Waals surface area (Å²) in [5.74, 6) is 2.26. The van der Waals surface area contributed by atoms with E-state index in [1.54, 1.807) is 0 Å². The van der Waals surface area contributed by atoms with Gasteiger partial charge in [0.05, 0.1) is 20.1 Å². The molecule has 3 atom stereocenters. The molecule has 26 heavy (non-hydrogen) atoms. The molecule has 1 N–H and O–H groups in total. The molecule has 1 saturated heterocycles. The van der Waals surface area contributed by atoms with Crippen LogP contribution < -0.4 is 4.74 Å². The van der Waals surface area contributed by atoms with Crippen molar-refractivity contribution < 1.29 is 14.3 Å². The van der Waals surface area contributed by atoms with Crippen LogP contribution in [0.1, 0.15) is 20.3 Å².